The van der Waals surface area contributed by atoms with Crippen LogP contribution in [0.2, 0.25) is 0 Å². The second-order valence-electron chi connectivity index (χ2n) is 5.82. The number of hydrogen-bond donors (Lipinski definition) is 1. The van der Waals surface area contributed by atoms with E-state index in [9.17, 15) is 13.6 Å². The zero-order chi connectivity index (χ0) is 15.4. The fourth-order valence-electron chi connectivity index (χ4n) is 2.86. The SMILES string of the molecule is C[C@@H]1C[C@@H](N)CCN1C(=O)CCCc1ccc(F)c(F)c1. The number of carbonyl (C=O) groups is 1. The summed E-state index contributed by atoms with van der Waals surface area (Å²) >= 11 is 0. The van der Waals surface area contributed by atoms with E-state index >= 15 is 0 Å². The van der Waals surface area contributed by atoms with Crippen LogP contribution >= 0.6 is 0 Å². The molecule has 116 valence electrons. The maximum atomic E-state index is 13.1. The Labute approximate surface area is 124 Å². The number of halogens is 2. The second kappa shape index (κ2) is 6.98. The molecule has 2 atom stereocenters. The van der Waals surface area contributed by atoms with Gasteiger partial charge in [0.2, 0.25) is 5.91 Å². The molecule has 1 aromatic rings. The first-order valence-corrected chi connectivity index (χ1v) is 7.46. The zero-order valence-electron chi connectivity index (χ0n) is 12.3. The van der Waals surface area contributed by atoms with Crippen LogP contribution in [0.4, 0.5) is 8.78 Å². The summed E-state index contributed by atoms with van der Waals surface area (Å²) in [6.45, 7) is 2.73. The minimum atomic E-state index is -0.840. The first kappa shape index (κ1) is 15.9. The third-order valence-electron chi connectivity index (χ3n) is 4.08. The molecule has 1 aromatic carbocycles. The van der Waals surface area contributed by atoms with E-state index < -0.39 is 11.6 Å². The van der Waals surface area contributed by atoms with Gasteiger partial charge in [-0.3, -0.25) is 4.79 Å². The summed E-state index contributed by atoms with van der Waals surface area (Å²) in [5, 5.41) is 0. The summed E-state index contributed by atoms with van der Waals surface area (Å²) in [5.41, 5.74) is 6.60. The van der Waals surface area contributed by atoms with E-state index in [1.54, 1.807) is 6.07 Å². The molecule has 0 spiro atoms. The van der Waals surface area contributed by atoms with Crippen LogP contribution in [0.5, 0.6) is 0 Å². The molecule has 1 aliphatic rings. The van der Waals surface area contributed by atoms with Crippen molar-refractivity contribution < 1.29 is 13.6 Å². The number of rotatable bonds is 4. The van der Waals surface area contributed by atoms with Crippen molar-refractivity contribution in [2.45, 2.75) is 51.1 Å². The van der Waals surface area contributed by atoms with Crippen LogP contribution in [-0.2, 0) is 11.2 Å². The van der Waals surface area contributed by atoms with E-state index in [1.807, 2.05) is 11.8 Å². The summed E-state index contributed by atoms with van der Waals surface area (Å²) in [5.74, 6) is -1.55. The summed E-state index contributed by atoms with van der Waals surface area (Å²) in [7, 11) is 0. The molecule has 0 unspecified atom stereocenters. The van der Waals surface area contributed by atoms with Gasteiger partial charge in [0.05, 0.1) is 0 Å². The van der Waals surface area contributed by atoms with Gasteiger partial charge in [-0.15, -0.1) is 0 Å². The van der Waals surface area contributed by atoms with Gasteiger partial charge in [-0.1, -0.05) is 6.07 Å². The van der Waals surface area contributed by atoms with Crippen LogP contribution in [0.15, 0.2) is 18.2 Å². The van der Waals surface area contributed by atoms with E-state index in [0.29, 0.717) is 25.8 Å². The number of aryl methyl sites for hydroxylation is 1. The highest BCUT2D eigenvalue weighted by molar-refractivity contribution is 5.76. The lowest BCUT2D eigenvalue weighted by molar-refractivity contribution is -0.134. The number of amides is 1. The molecule has 5 heteroatoms. The fraction of sp³-hybridized carbons (Fsp3) is 0.562. The van der Waals surface area contributed by atoms with Crippen LogP contribution < -0.4 is 5.73 Å². The summed E-state index contributed by atoms with van der Waals surface area (Å²) in [4.78, 5) is 14.1. The molecule has 1 aliphatic heterocycles. The first-order chi connectivity index (χ1) is 9.97. The quantitative estimate of drug-likeness (QED) is 0.928. The van der Waals surface area contributed by atoms with Crippen molar-refractivity contribution in [1.82, 2.24) is 4.90 Å². The van der Waals surface area contributed by atoms with Gasteiger partial charge in [-0.2, -0.15) is 0 Å². The molecule has 0 aromatic heterocycles. The number of likely N-dealkylation sites (tertiary alicyclic amines) is 1. The normalized spacial score (nSPS) is 22.4. The number of piperidine rings is 1. The van der Waals surface area contributed by atoms with Crippen molar-refractivity contribution in [1.29, 1.82) is 0 Å². The van der Waals surface area contributed by atoms with E-state index in [1.165, 1.54) is 6.07 Å². The highest BCUT2D eigenvalue weighted by Gasteiger charge is 2.26. The predicted molar refractivity (Wildman–Crippen MR) is 77.7 cm³/mol. The second-order valence-corrected chi connectivity index (χ2v) is 5.82. The van der Waals surface area contributed by atoms with Gasteiger partial charge < -0.3 is 10.6 Å². The number of nitrogens with zero attached hydrogens (tertiary/aromatic N) is 1. The van der Waals surface area contributed by atoms with Gasteiger partial charge in [0.15, 0.2) is 11.6 Å². The van der Waals surface area contributed by atoms with Gasteiger partial charge in [0.1, 0.15) is 0 Å². The third kappa shape index (κ3) is 4.24. The van der Waals surface area contributed by atoms with Crippen LogP contribution in [0, 0.1) is 11.6 Å². The molecule has 2 N–H and O–H groups in total. The van der Waals surface area contributed by atoms with Gasteiger partial charge >= 0.3 is 0 Å². The lowest BCUT2D eigenvalue weighted by Gasteiger charge is -2.36. The Balaban J connectivity index is 1.80. The van der Waals surface area contributed by atoms with Crippen molar-refractivity contribution >= 4 is 5.91 Å². The summed E-state index contributed by atoms with van der Waals surface area (Å²) in [6.07, 6.45) is 3.33. The number of carbonyl (C=O) groups excluding carboxylic acids is 1. The molecule has 1 fully saturated rings. The molecular weight excluding hydrogens is 274 g/mol. The largest absolute Gasteiger partial charge is 0.340 e. The van der Waals surface area contributed by atoms with Gasteiger partial charge in [0, 0.05) is 25.0 Å². The predicted octanol–water partition coefficient (Wildman–Crippen LogP) is 2.63. The Kier molecular flexibility index (Phi) is 5.28. The van der Waals surface area contributed by atoms with Crippen LogP contribution in [-0.4, -0.2) is 29.4 Å². The van der Waals surface area contributed by atoms with E-state index in [0.717, 1.165) is 24.5 Å². The van der Waals surface area contributed by atoms with Crippen LogP contribution in [0.1, 0.15) is 38.2 Å². The van der Waals surface area contributed by atoms with Gasteiger partial charge in [-0.25, -0.2) is 8.78 Å². The Bertz CT molecular complexity index is 507. The van der Waals surface area contributed by atoms with Gasteiger partial charge in [-0.05, 0) is 50.3 Å². The van der Waals surface area contributed by atoms with Crippen molar-refractivity contribution in [3.05, 3.63) is 35.4 Å². The van der Waals surface area contributed by atoms with Crippen molar-refractivity contribution in [3.8, 4) is 0 Å². The average molecular weight is 296 g/mol. The monoisotopic (exact) mass is 296 g/mol. The molecular formula is C16H22F2N2O. The Hall–Kier alpha value is -1.49. The molecule has 3 nitrogen and oxygen atoms in total. The third-order valence-corrected chi connectivity index (χ3v) is 4.08. The van der Waals surface area contributed by atoms with Crippen LogP contribution in [0.25, 0.3) is 0 Å². The maximum absolute atomic E-state index is 13.1. The molecule has 0 radical (unpaired) electrons. The number of nitrogens with two attached hydrogens (primary N) is 1. The van der Waals surface area contributed by atoms with Crippen LogP contribution in [0.3, 0.4) is 0 Å². The molecule has 0 bridgehead atoms. The zero-order valence-corrected chi connectivity index (χ0v) is 12.3. The number of hydrogen-bond acceptors (Lipinski definition) is 2. The van der Waals surface area contributed by atoms with Crippen molar-refractivity contribution in [3.63, 3.8) is 0 Å². The Morgan fingerprint density at radius 1 is 1.38 bits per heavy atom. The number of benzene rings is 1. The minimum Gasteiger partial charge on any atom is -0.340 e. The molecule has 0 aliphatic carbocycles. The first-order valence-electron chi connectivity index (χ1n) is 7.46. The molecule has 0 saturated carbocycles. The van der Waals surface area contributed by atoms with Crippen molar-refractivity contribution in [2.75, 3.05) is 6.54 Å². The molecule has 1 heterocycles. The molecule has 2 rings (SSSR count). The Morgan fingerprint density at radius 3 is 2.81 bits per heavy atom. The maximum Gasteiger partial charge on any atom is 0.222 e. The van der Waals surface area contributed by atoms with E-state index in [2.05, 4.69) is 0 Å². The smallest absolute Gasteiger partial charge is 0.222 e. The fourth-order valence-corrected chi connectivity index (χ4v) is 2.86. The highest BCUT2D eigenvalue weighted by Crippen LogP contribution is 2.18. The van der Waals surface area contributed by atoms with Crippen molar-refractivity contribution in [2.24, 2.45) is 5.73 Å². The standard InChI is InChI=1S/C16H22F2N2O/c1-11-9-13(19)7-8-20(11)16(21)4-2-3-12-5-6-14(17)15(18)10-12/h5-6,10-11,13H,2-4,7-9,19H2,1H3/t11-,13+/m1/s1. The Morgan fingerprint density at radius 2 is 2.14 bits per heavy atom. The minimum absolute atomic E-state index is 0.122. The van der Waals surface area contributed by atoms with E-state index in [-0.39, 0.29) is 18.0 Å². The summed E-state index contributed by atoms with van der Waals surface area (Å²) < 4.78 is 25.9. The highest BCUT2D eigenvalue weighted by atomic mass is 19.2. The molecule has 1 amide bonds. The topological polar surface area (TPSA) is 46.3 Å². The van der Waals surface area contributed by atoms with Gasteiger partial charge in [0.25, 0.3) is 0 Å². The molecule has 21 heavy (non-hydrogen) atoms. The average Bonchev–Trinajstić information content (AvgIpc) is 2.42. The lowest BCUT2D eigenvalue weighted by Crippen LogP contribution is -2.48. The molecule has 1 saturated heterocycles. The lowest BCUT2D eigenvalue weighted by atomic mass is 9.98. The van der Waals surface area contributed by atoms with E-state index in [4.69, 9.17) is 5.73 Å². The summed E-state index contributed by atoms with van der Waals surface area (Å²) in [6, 6.07) is 4.25.